The molecule has 100 valence electrons. The van der Waals surface area contributed by atoms with Crippen molar-refractivity contribution in [2.45, 2.75) is 51.0 Å². The SMILES string of the molecule is O=C(CC1=CCCCC1)N1CC2CCC(O)C2C1. The van der Waals surface area contributed by atoms with E-state index in [4.69, 9.17) is 0 Å². The molecule has 1 aliphatic heterocycles. The minimum Gasteiger partial charge on any atom is -0.393 e. The number of nitrogens with zero attached hydrogens (tertiary/aromatic N) is 1. The summed E-state index contributed by atoms with van der Waals surface area (Å²) < 4.78 is 0. The first-order valence-corrected chi connectivity index (χ1v) is 7.38. The number of carbonyl (C=O) groups excluding carboxylic acids is 1. The molecule has 2 aliphatic carbocycles. The molecule has 3 nitrogen and oxygen atoms in total. The third-order valence-electron chi connectivity index (χ3n) is 4.94. The lowest BCUT2D eigenvalue weighted by molar-refractivity contribution is -0.129. The predicted molar refractivity (Wildman–Crippen MR) is 70.0 cm³/mol. The zero-order chi connectivity index (χ0) is 12.5. The van der Waals surface area contributed by atoms with Gasteiger partial charge in [-0.1, -0.05) is 11.6 Å². The van der Waals surface area contributed by atoms with Gasteiger partial charge in [-0.3, -0.25) is 4.79 Å². The number of fused-ring (bicyclic) bond motifs is 1. The molecule has 0 spiro atoms. The molecule has 1 heterocycles. The maximum atomic E-state index is 12.3. The molecule has 3 aliphatic rings. The maximum Gasteiger partial charge on any atom is 0.226 e. The van der Waals surface area contributed by atoms with E-state index in [-0.39, 0.29) is 12.0 Å². The van der Waals surface area contributed by atoms with Gasteiger partial charge in [0.1, 0.15) is 0 Å². The van der Waals surface area contributed by atoms with Gasteiger partial charge in [0.2, 0.25) is 5.91 Å². The highest BCUT2D eigenvalue weighted by molar-refractivity contribution is 5.79. The van der Waals surface area contributed by atoms with Crippen molar-refractivity contribution in [2.24, 2.45) is 11.8 Å². The molecule has 0 bridgehead atoms. The van der Waals surface area contributed by atoms with Crippen molar-refractivity contribution in [1.29, 1.82) is 0 Å². The van der Waals surface area contributed by atoms with Crippen LogP contribution < -0.4 is 0 Å². The minimum atomic E-state index is -0.165. The molecule has 1 amide bonds. The summed E-state index contributed by atoms with van der Waals surface area (Å²) in [6, 6.07) is 0. The number of rotatable bonds is 2. The average molecular weight is 249 g/mol. The van der Waals surface area contributed by atoms with Gasteiger partial charge in [0.15, 0.2) is 0 Å². The van der Waals surface area contributed by atoms with Gasteiger partial charge >= 0.3 is 0 Å². The summed E-state index contributed by atoms with van der Waals surface area (Å²) in [6.07, 6.45) is 9.51. The van der Waals surface area contributed by atoms with Crippen LogP contribution in [0.5, 0.6) is 0 Å². The number of hydrogen-bond donors (Lipinski definition) is 1. The molecule has 18 heavy (non-hydrogen) atoms. The summed E-state index contributed by atoms with van der Waals surface area (Å²) in [5.74, 6) is 1.20. The molecule has 1 N–H and O–H groups in total. The molecule has 3 atom stereocenters. The van der Waals surface area contributed by atoms with Crippen molar-refractivity contribution < 1.29 is 9.90 Å². The lowest BCUT2D eigenvalue weighted by Crippen LogP contribution is -2.31. The van der Waals surface area contributed by atoms with Crippen LogP contribution in [-0.2, 0) is 4.79 Å². The average Bonchev–Trinajstić information content (AvgIpc) is 2.93. The standard InChI is InChI=1S/C15H23NO2/c17-14-7-6-12-9-16(10-13(12)14)15(18)8-11-4-2-1-3-5-11/h4,12-14,17H,1-3,5-10H2. The van der Waals surface area contributed by atoms with Gasteiger partial charge in [-0.05, 0) is 44.4 Å². The monoisotopic (exact) mass is 249 g/mol. The second-order valence-electron chi connectivity index (χ2n) is 6.15. The van der Waals surface area contributed by atoms with Crippen molar-refractivity contribution >= 4 is 5.91 Å². The summed E-state index contributed by atoms with van der Waals surface area (Å²) in [6.45, 7) is 1.67. The zero-order valence-corrected chi connectivity index (χ0v) is 11.0. The summed E-state index contributed by atoms with van der Waals surface area (Å²) in [5, 5.41) is 9.87. The molecule has 3 heteroatoms. The van der Waals surface area contributed by atoms with Gasteiger partial charge in [-0.25, -0.2) is 0 Å². The Morgan fingerprint density at radius 2 is 2.22 bits per heavy atom. The Morgan fingerprint density at radius 3 is 2.94 bits per heavy atom. The van der Waals surface area contributed by atoms with E-state index in [2.05, 4.69) is 6.08 Å². The van der Waals surface area contributed by atoms with Crippen LogP contribution in [-0.4, -0.2) is 35.1 Å². The molecule has 0 aromatic rings. The van der Waals surface area contributed by atoms with Crippen LogP contribution in [0, 0.1) is 11.8 Å². The lowest BCUT2D eigenvalue weighted by atomic mass is 9.97. The van der Waals surface area contributed by atoms with Crippen molar-refractivity contribution in [3.05, 3.63) is 11.6 Å². The van der Waals surface area contributed by atoms with Crippen molar-refractivity contribution in [3.8, 4) is 0 Å². The molecular formula is C15H23NO2. The first-order valence-electron chi connectivity index (χ1n) is 7.38. The highest BCUT2D eigenvalue weighted by Gasteiger charge is 2.43. The van der Waals surface area contributed by atoms with Gasteiger partial charge in [0, 0.05) is 25.4 Å². The number of hydrogen-bond acceptors (Lipinski definition) is 2. The Morgan fingerprint density at radius 1 is 1.33 bits per heavy atom. The first kappa shape index (κ1) is 12.2. The van der Waals surface area contributed by atoms with Crippen molar-refractivity contribution in [1.82, 2.24) is 4.90 Å². The van der Waals surface area contributed by atoms with Crippen LogP contribution in [0.3, 0.4) is 0 Å². The van der Waals surface area contributed by atoms with Crippen LogP contribution in [0.25, 0.3) is 0 Å². The summed E-state index contributed by atoms with van der Waals surface area (Å²) in [5.41, 5.74) is 1.34. The highest BCUT2D eigenvalue weighted by Crippen LogP contribution is 2.38. The normalized spacial score (nSPS) is 35.5. The molecular weight excluding hydrogens is 226 g/mol. The predicted octanol–water partition coefficient (Wildman–Crippen LogP) is 2.11. The smallest absolute Gasteiger partial charge is 0.226 e. The van der Waals surface area contributed by atoms with E-state index in [0.29, 0.717) is 18.3 Å². The van der Waals surface area contributed by atoms with Crippen LogP contribution in [0.15, 0.2) is 11.6 Å². The summed E-state index contributed by atoms with van der Waals surface area (Å²) >= 11 is 0. The van der Waals surface area contributed by atoms with Gasteiger partial charge in [0.05, 0.1) is 6.10 Å². The lowest BCUT2D eigenvalue weighted by Gasteiger charge is -2.20. The molecule has 2 fully saturated rings. The number of amides is 1. The van der Waals surface area contributed by atoms with Crippen LogP contribution in [0.4, 0.5) is 0 Å². The number of likely N-dealkylation sites (tertiary alicyclic amines) is 1. The number of carbonyl (C=O) groups is 1. The largest absolute Gasteiger partial charge is 0.393 e. The molecule has 0 aromatic heterocycles. The van der Waals surface area contributed by atoms with E-state index in [0.717, 1.165) is 38.8 Å². The van der Waals surface area contributed by atoms with Crippen LogP contribution in [0.1, 0.15) is 44.9 Å². The van der Waals surface area contributed by atoms with Gasteiger partial charge in [0.25, 0.3) is 0 Å². The van der Waals surface area contributed by atoms with E-state index in [1.54, 1.807) is 0 Å². The fourth-order valence-corrected chi connectivity index (χ4v) is 3.81. The molecule has 0 radical (unpaired) electrons. The van der Waals surface area contributed by atoms with E-state index in [9.17, 15) is 9.90 Å². The Balaban J connectivity index is 1.56. The third-order valence-corrected chi connectivity index (χ3v) is 4.94. The summed E-state index contributed by atoms with van der Waals surface area (Å²) in [7, 11) is 0. The van der Waals surface area contributed by atoms with Gasteiger partial charge < -0.3 is 10.0 Å². The molecule has 0 aromatic carbocycles. The van der Waals surface area contributed by atoms with Gasteiger partial charge in [-0.2, -0.15) is 0 Å². The number of aliphatic hydroxyl groups excluding tert-OH is 1. The molecule has 3 rings (SSSR count). The molecule has 3 unspecified atom stereocenters. The Labute approximate surface area is 109 Å². The molecule has 1 saturated carbocycles. The number of aliphatic hydroxyl groups is 1. The van der Waals surface area contributed by atoms with E-state index < -0.39 is 0 Å². The van der Waals surface area contributed by atoms with Crippen molar-refractivity contribution in [3.63, 3.8) is 0 Å². The van der Waals surface area contributed by atoms with Crippen LogP contribution >= 0.6 is 0 Å². The minimum absolute atomic E-state index is 0.165. The summed E-state index contributed by atoms with van der Waals surface area (Å²) in [4.78, 5) is 14.2. The number of allylic oxidation sites excluding steroid dienone is 1. The van der Waals surface area contributed by atoms with E-state index >= 15 is 0 Å². The van der Waals surface area contributed by atoms with E-state index in [1.807, 2.05) is 4.90 Å². The van der Waals surface area contributed by atoms with Crippen molar-refractivity contribution in [2.75, 3.05) is 13.1 Å². The fraction of sp³-hybridized carbons (Fsp3) is 0.800. The van der Waals surface area contributed by atoms with Crippen LogP contribution in [0.2, 0.25) is 0 Å². The van der Waals surface area contributed by atoms with E-state index in [1.165, 1.54) is 18.4 Å². The molecule has 1 saturated heterocycles. The van der Waals surface area contributed by atoms with Gasteiger partial charge in [-0.15, -0.1) is 0 Å². The highest BCUT2D eigenvalue weighted by atomic mass is 16.3. The maximum absolute atomic E-state index is 12.3. The topological polar surface area (TPSA) is 40.5 Å². The Hall–Kier alpha value is -0.830. The second kappa shape index (κ2) is 5.04. The Kier molecular flexibility index (Phi) is 3.42. The fourth-order valence-electron chi connectivity index (χ4n) is 3.81. The zero-order valence-electron chi connectivity index (χ0n) is 11.0. The third kappa shape index (κ3) is 2.33. The first-order chi connectivity index (χ1) is 8.74. The Bertz CT molecular complexity index is 364. The quantitative estimate of drug-likeness (QED) is 0.761. The second-order valence-corrected chi connectivity index (χ2v) is 6.15.